The molecule has 1 radical (unpaired) electrons. The third-order valence-electron chi connectivity index (χ3n) is 5.80. The molecular weight excluding hydrogens is 507 g/mol. The Balaban J connectivity index is -0.000000193. The first-order valence-electron chi connectivity index (χ1n) is 10.8. The number of carbonyl (C=O) groups excluding carboxylic acids is 3. The molecule has 0 saturated carbocycles. The second kappa shape index (κ2) is 21.9. The van der Waals surface area contributed by atoms with Crippen molar-refractivity contribution in [2.24, 2.45) is 23.5 Å². The number of aliphatic hydroxyl groups is 3. The number of nitrogens with two attached hydrogens (primary N) is 1. The number of methoxy groups -OCH3 is 1. The van der Waals surface area contributed by atoms with E-state index in [1.165, 1.54) is 19.9 Å². The average Bonchev–Trinajstić information content (AvgIpc) is 2.72. The van der Waals surface area contributed by atoms with Gasteiger partial charge in [-0.2, -0.15) is 12.8 Å². The topological polar surface area (TPSA) is 162 Å². The molecule has 0 aromatic rings. The van der Waals surface area contributed by atoms with Gasteiger partial charge >= 0.3 is 6.09 Å². The molecule has 0 fully saturated rings. The van der Waals surface area contributed by atoms with Crippen LogP contribution in [-0.2, 0) is 47.0 Å². The second-order valence-corrected chi connectivity index (χ2v) is 8.38. The van der Waals surface area contributed by atoms with Gasteiger partial charge in [-0.1, -0.05) is 20.8 Å². The van der Waals surface area contributed by atoms with Crippen LogP contribution in [-0.4, -0.2) is 82.7 Å². The predicted molar refractivity (Wildman–Crippen MR) is 124 cm³/mol. The number of amides is 3. The Labute approximate surface area is 224 Å². The van der Waals surface area contributed by atoms with Crippen molar-refractivity contribution in [3.8, 4) is 0 Å². The summed E-state index contributed by atoms with van der Waals surface area (Å²) in [5.74, 6) is 0.0481. The van der Waals surface area contributed by atoms with Gasteiger partial charge < -0.3 is 45.6 Å². The molecular formula is C22H45N3O7Y-2. The second-order valence-electron chi connectivity index (χ2n) is 8.38. The van der Waals surface area contributed by atoms with Crippen LogP contribution >= 0.6 is 0 Å². The fourth-order valence-corrected chi connectivity index (χ4v) is 2.06. The van der Waals surface area contributed by atoms with Crippen LogP contribution in [0.1, 0.15) is 62.3 Å². The molecule has 0 heterocycles. The first-order valence-corrected chi connectivity index (χ1v) is 10.8. The summed E-state index contributed by atoms with van der Waals surface area (Å²) in [5, 5.41) is 29.8. The zero-order valence-electron chi connectivity index (χ0n) is 21.8. The number of rotatable bonds is 10. The maximum atomic E-state index is 10.7. The smallest absolute Gasteiger partial charge is 0.407 e. The Hall–Kier alpha value is -0.646. The Morgan fingerprint density at radius 3 is 1.39 bits per heavy atom. The quantitative estimate of drug-likeness (QED) is 0.197. The van der Waals surface area contributed by atoms with Crippen molar-refractivity contribution in [1.82, 2.24) is 10.2 Å². The molecule has 195 valence electrons. The third kappa shape index (κ3) is 19.4. The van der Waals surface area contributed by atoms with Gasteiger partial charge in [0.1, 0.15) is 0 Å². The maximum Gasteiger partial charge on any atom is 0.407 e. The number of hydrogen-bond acceptors (Lipinski definition) is 8. The number of nitrogens with zero attached hydrogens (tertiary/aromatic N) is 1. The summed E-state index contributed by atoms with van der Waals surface area (Å²) < 4.78 is 4.42. The average molecular weight is 553 g/mol. The van der Waals surface area contributed by atoms with Crippen molar-refractivity contribution in [1.29, 1.82) is 0 Å². The minimum atomic E-state index is -0.566. The molecule has 0 aliphatic rings. The van der Waals surface area contributed by atoms with Gasteiger partial charge in [0.2, 0.25) is 0 Å². The Morgan fingerprint density at radius 1 is 0.818 bits per heavy atom. The van der Waals surface area contributed by atoms with Crippen molar-refractivity contribution in [3.05, 3.63) is 0 Å². The van der Waals surface area contributed by atoms with Crippen LogP contribution in [0.2, 0.25) is 0 Å². The van der Waals surface area contributed by atoms with Crippen LogP contribution in [0.5, 0.6) is 0 Å². The van der Waals surface area contributed by atoms with Gasteiger partial charge in [-0.3, -0.25) is 0 Å². The molecule has 0 aliphatic carbocycles. The number of ether oxygens (including phenoxy) is 1. The zero-order chi connectivity index (χ0) is 26.2. The molecule has 0 aromatic heterocycles. The Kier molecular flexibility index (Phi) is 26.2. The number of carbonyl (C=O) groups is 1. The van der Waals surface area contributed by atoms with Crippen LogP contribution in [0.4, 0.5) is 4.79 Å². The number of hydrogen-bond donors (Lipinski definition) is 5. The van der Waals surface area contributed by atoms with Crippen LogP contribution < -0.4 is 11.1 Å². The molecule has 0 aliphatic heterocycles. The predicted octanol–water partition coefficient (Wildman–Crippen LogP) is 0.924. The van der Waals surface area contributed by atoms with E-state index in [-0.39, 0.29) is 74.7 Å². The van der Waals surface area contributed by atoms with Gasteiger partial charge in [0.25, 0.3) is 0 Å². The Bertz CT molecular complexity index is 492. The summed E-state index contributed by atoms with van der Waals surface area (Å²) in [5.41, 5.74) is 5.48. The molecule has 0 bridgehead atoms. The minimum absolute atomic E-state index is 0. The summed E-state index contributed by atoms with van der Waals surface area (Å²) in [6.45, 7) is 16.0. The van der Waals surface area contributed by atoms with Gasteiger partial charge in [-0.05, 0) is 59.4 Å². The van der Waals surface area contributed by atoms with E-state index < -0.39 is 18.3 Å². The SMILES string of the molecule is CC(N)C(C)C(C)O.CC(O)C(C)C(C)N([C-]=O)[C-]=O.COC(=O)NC(C)C(C)C(C)O.[Y]. The Morgan fingerprint density at radius 2 is 1.18 bits per heavy atom. The molecule has 9 atom stereocenters. The number of aliphatic hydroxyl groups excluding tert-OH is 3. The number of nitrogens with one attached hydrogen (secondary N) is 1. The monoisotopic (exact) mass is 552 g/mol. The van der Waals surface area contributed by atoms with Gasteiger partial charge in [0.15, 0.2) is 0 Å². The molecule has 11 heteroatoms. The molecule has 0 aromatic carbocycles. The van der Waals surface area contributed by atoms with E-state index >= 15 is 0 Å². The van der Waals surface area contributed by atoms with E-state index in [1.807, 2.05) is 27.7 Å². The van der Waals surface area contributed by atoms with E-state index in [2.05, 4.69) is 10.1 Å². The molecule has 6 N–H and O–H groups in total. The minimum Gasteiger partial charge on any atom is -0.634 e. The first kappa shape index (κ1) is 39.6. The standard InChI is InChI=1S/C8H13NO3.C8H17NO3.C6H15NO.Y/c1-6(8(3)12)7(2)9(4-10)5-11;1-5(7(3)10)6(2)9-8(11)12-4;1-4(5(2)7)6(3)8;/h6-8,12H,1-3H3;5-7,10H,1-4H3,(H,9,11);4-6,8H,7H2,1-3H3;/q-2;;;. The van der Waals surface area contributed by atoms with Crippen LogP contribution in [0.25, 0.3) is 0 Å². The van der Waals surface area contributed by atoms with E-state index in [0.717, 1.165) is 4.90 Å². The van der Waals surface area contributed by atoms with Gasteiger partial charge in [-0.25, -0.2) is 4.79 Å². The molecule has 0 spiro atoms. The van der Waals surface area contributed by atoms with Crippen molar-refractivity contribution >= 4 is 18.9 Å². The summed E-state index contributed by atoms with van der Waals surface area (Å²) in [4.78, 5) is 31.8. The number of imide groups is 1. The van der Waals surface area contributed by atoms with Crippen molar-refractivity contribution < 1.29 is 67.1 Å². The summed E-state index contributed by atoms with van der Waals surface area (Å²) in [7, 11) is 1.31. The van der Waals surface area contributed by atoms with E-state index in [1.54, 1.807) is 34.6 Å². The third-order valence-corrected chi connectivity index (χ3v) is 5.80. The summed E-state index contributed by atoms with van der Waals surface area (Å²) >= 11 is 0. The molecule has 10 nitrogen and oxygen atoms in total. The molecule has 0 rings (SSSR count). The van der Waals surface area contributed by atoms with E-state index in [9.17, 15) is 19.5 Å². The molecule has 3 amide bonds. The largest absolute Gasteiger partial charge is 0.634 e. The van der Waals surface area contributed by atoms with Crippen molar-refractivity contribution in [2.75, 3.05) is 7.11 Å². The van der Waals surface area contributed by atoms with E-state index in [0.29, 0.717) is 0 Å². The van der Waals surface area contributed by atoms with Crippen molar-refractivity contribution in [3.63, 3.8) is 0 Å². The van der Waals surface area contributed by atoms with Crippen LogP contribution in [0.15, 0.2) is 0 Å². The molecule has 9 unspecified atom stereocenters. The fourth-order valence-electron chi connectivity index (χ4n) is 2.06. The fraction of sp³-hybridized carbons (Fsp3) is 0.864. The van der Waals surface area contributed by atoms with Crippen LogP contribution in [0.3, 0.4) is 0 Å². The van der Waals surface area contributed by atoms with Gasteiger partial charge in [0.05, 0.1) is 25.4 Å². The van der Waals surface area contributed by atoms with E-state index in [4.69, 9.17) is 15.9 Å². The van der Waals surface area contributed by atoms with Gasteiger partial charge in [-0.15, -0.1) is 0 Å². The maximum absolute atomic E-state index is 10.7. The summed E-state index contributed by atoms with van der Waals surface area (Å²) in [6.07, 6.45) is 1.13. The zero-order valence-corrected chi connectivity index (χ0v) is 24.6. The summed E-state index contributed by atoms with van der Waals surface area (Å²) in [6, 6.07) is -0.368. The molecule has 33 heavy (non-hydrogen) atoms. The first-order chi connectivity index (χ1) is 14.6. The van der Waals surface area contributed by atoms with Crippen molar-refractivity contribution in [2.45, 2.75) is 98.8 Å². The van der Waals surface area contributed by atoms with Crippen LogP contribution in [0, 0.1) is 17.8 Å². The molecule has 0 saturated heterocycles. The normalized spacial score (nSPS) is 18.2. The number of alkyl carbamates (subject to hydrolysis) is 1. The van der Waals surface area contributed by atoms with Gasteiger partial charge in [0, 0.05) is 50.7 Å².